The Balaban J connectivity index is 1.94. The number of nitrogens with zero attached hydrogens (tertiary/aromatic N) is 2. The summed E-state index contributed by atoms with van der Waals surface area (Å²) in [6.07, 6.45) is 4.13. The molecule has 3 rings (SSSR count). The zero-order valence-electron chi connectivity index (χ0n) is 12.6. The van der Waals surface area contributed by atoms with Crippen molar-refractivity contribution in [1.29, 1.82) is 0 Å². The fraction of sp³-hybridized carbons (Fsp3) is 0.471. The highest BCUT2D eigenvalue weighted by Crippen LogP contribution is 2.32. The molecule has 1 aliphatic heterocycles. The molecule has 0 saturated carbocycles. The van der Waals surface area contributed by atoms with Gasteiger partial charge in [0.1, 0.15) is 5.82 Å². The maximum atomic E-state index is 4.60. The molecule has 0 aliphatic carbocycles. The van der Waals surface area contributed by atoms with E-state index in [9.17, 15) is 0 Å². The Bertz CT molecular complexity index is 581. The largest absolute Gasteiger partial charge is 0.370 e. The van der Waals surface area contributed by atoms with E-state index in [4.69, 9.17) is 0 Å². The van der Waals surface area contributed by atoms with E-state index in [-0.39, 0.29) is 0 Å². The number of aromatic nitrogens is 2. The lowest BCUT2D eigenvalue weighted by Crippen LogP contribution is -2.24. The van der Waals surface area contributed by atoms with Gasteiger partial charge in [-0.15, -0.1) is 0 Å². The van der Waals surface area contributed by atoms with E-state index in [1.54, 1.807) is 0 Å². The quantitative estimate of drug-likeness (QED) is 0.913. The van der Waals surface area contributed by atoms with Crippen molar-refractivity contribution in [2.24, 2.45) is 0 Å². The summed E-state index contributed by atoms with van der Waals surface area (Å²) in [6.45, 7) is 7.67. The molecule has 3 heteroatoms. The molecule has 2 aromatic rings. The predicted molar refractivity (Wildman–Crippen MR) is 83.4 cm³/mol. The molecule has 0 bridgehead atoms. The maximum Gasteiger partial charge on any atom is 0.128 e. The van der Waals surface area contributed by atoms with Crippen molar-refractivity contribution in [2.75, 3.05) is 11.9 Å². The van der Waals surface area contributed by atoms with Gasteiger partial charge in [0.2, 0.25) is 0 Å². The predicted octanol–water partition coefficient (Wildman–Crippen LogP) is 3.97. The molecular weight excluding hydrogens is 246 g/mol. The summed E-state index contributed by atoms with van der Waals surface area (Å²) in [4.78, 5) is 0. The van der Waals surface area contributed by atoms with Crippen LogP contribution in [0.2, 0.25) is 0 Å². The number of aryl methyl sites for hydroxylation is 1. The van der Waals surface area contributed by atoms with Crippen LogP contribution in [0, 0.1) is 0 Å². The molecule has 1 unspecified atom stereocenters. The SMILES string of the molecule is CCc1cnn2c1NCCC2c1ccc(C(C)C)cc1. The molecule has 1 N–H and O–H groups in total. The van der Waals surface area contributed by atoms with E-state index >= 15 is 0 Å². The first kappa shape index (κ1) is 13.2. The summed E-state index contributed by atoms with van der Waals surface area (Å²) in [5.74, 6) is 1.79. The maximum absolute atomic E-state index is 4.60. The molecule has 1 aliphatic rings. The number of rotatable bonds is 3. The van der Waals surface area contributed by atoms with Gasteiger partial charge in [0, 0.05) is 12.1 Å². The molecule has 0 fully saturated rings. The lowest BCUT2D eigenvalue weighted by molar-refractivity contribution is 0.481. The Morgan fingerprint density at radius 2 is 2.05 bits per heavy atom. The smallest absolute Gasteiger partial charge is 0.128 e. The summed E-state index contributed by atoms with van der Waals surface area (Å²) < 4.78 is 2.16. The summed E-state index contributed by atoms with van der Waals surface area (Å²) >= 11 is 0. The third-order valence-electron chi connectivity index (χ3n) is 4.25. The van der Waals surface area contributed by atoms with Crippen LogP contribution in [0.15, 0.2) is 30.5 Å². The molecule has 3 nitrogen and oxygen atoms in total. The minimum absolute atomic E-state index is 0.368. The van der Waals surface area contributed by atoms with Crippen LogP contribution in [0.25, 0.3) is 0 Å². The molecule has 1 aromatic carbocycles. The van der Waals surface area contributed by atoms with Gasteiger partial charge in [-0.05, 0) is 29.9 Å². The molecule has 0 saturated heterocycles. The summed E-state index contributed by atoms with van der Waals surface area (Å²) in [7, 11) is 0. The van der Waals surface area contributed by atoms with Crippen molar-refractivity contribution in [1.82, 2.24) is 9.78 Å². The van der Waals surface area contributed by atoms with Crippen LogP contribution in [0.5, 0.6) is 0 Å². The summed E-state index contributed by atoms with van der Waals surface area (Å²) in [6, 6.07) is 9.41. The second-order valence-electron chi connectivity index (χ2n) is 5.87. The lowest BCUT2D eigenvalue weighted by atomic mass is 9.97. The first-order valence-corrected chi connectivity index (χ1v) is 7.60. The van der Waals surface area contributed by atoms with Crippen molar-refractivity contribution in [3.8, 4) is 0 Å². The average Bonchev–Trinajstić information content (AvgIpc) is 2.90. The number of hydrogen-bond donors (Lipinski definition) is 1. The second-order valence-corrected chi connectivity index (χ2v) is 5.87. The molecular formula is C17H23N3. The summed E-state index contributed by atoms with van der Waals surface area (Å²) in [5, 5.41) is 8.09. The first-order valence-electron chi connectivity index (χ1n) is 7.60. The van der Waals surface area contributed by atoms with Gasteiger partial charge in [-0.1, -0.05) is 45.0 Å². The molecule has 20 heavy (non-hydrogen) atoms. The normalized spacial score (nSPS) is 17.9. The van der Waals surface area contributed by atoms with E-state index in [2.05, 4.69) is 60.1 Å². The van der Waals surface area contributed by atoms with Gasteiger partial charge in [-0.2, -0.15) is 5.10 Å². The fourth-order valence-electron chi connectivity index (χ4n) is 2.95. The number of fused-ring (bicyclic) bond motifs is 1. The van der Waals surface area contributed by atoms with E-state index in [1.165, 1.54) is 22.5 Å². The number of nitrogens with one attached hydrogen (secondary N) is 1. The van der Waals surface area contributed by atoms with E-state index in [0.29, 0.717) is 12.0 Å². The summed E-state index contributed by atoms with van der Waals surface area (Å²) in [5.41, 5.74) is 4.08. The minimum Gasteiger partial charge on any atom is -0.370 e. The molecule has 106 valence electrons. The lowest BCUT2D eigenvalue weighted by Gasteiger charge is -2.27. The van der Waals surface area contributed by atoms with Gasteiger partial charge < -0.3 is 5.32 Å². The van der Waals surface area contributed by atoms with Crippen LogP contribution in [-0.4, -0.2) is 16.3 Å². The minimum atomic E-state index is 0.368. The van der Waals surface area contributed by atoms with Crippen LogP contribution in [0.3, 0.4) is 0 Å². The van der Waals surface area contributed by atoms with E-state index in [0.717, 1.165) is 19.4 Å². The molecule has 2 heterocycles. The average molecular weight is 269 g/mol. The second kappa shape index (κ2) is 5.31. The van der Waals surface area contributed by atoms with Crippen molar-refractivity contribution >= 4 is 5.82 Å². The monoisotopic (exact) mass is 269 g/mol. The van der Waals surface area contributed by atoms with Crippen molar-refractivity contribution < 1.29 is 0 Å². The highest BCUT2D eigenvalue weighted by atomic mass is 15.4. The Hall–Kier alpha value is -1.77. The Morgan fingerprint density at radius 1 is 1.30 bits per heavy atom. The van der Waals surface area contributed by atoms with Gasteiger partial charge in [0.15, 0.2) is 0 Å². The van der Waals surface area contributed by atoms with Crippen molar-refractivity contribution in [3.05, 3.63) is 47.2 Å². The topological polar surface area (TPSA) is 29.9 Å². The third kappa shape index (κ3) is 2.21. The van der Waals surface area contributed by atoms with Gasteiger partial charge in [-0.3, -0.25) is 0 Å². The van der Waals surface area contributed by atoms with E-state index < -0.39 is 0 Å². The van der Waals surface area contributed by atoms with Crippen LogP contribution in [-0.2, 0) is 6.42 Å². The Labute approximate surface area is 121 Å². The van der Waals surface area contributed by atoms with Crippen LogP contribution < -0.4 is 5.32 Å². The van der Waals surface area contributed by atoms with Crippen LogP contribution >= 0.6 is 0 Å². The standard InChI is InChI=1S/C17H23N3/c1-4-13-11-19-20-16(9-10-18-17(13)20)15-7-5-14(6-8-15)12(2)3/h5-8,11-12,16,18H,4,9-10H2,1-3H3. The first-order chi connectivity index (χ1) is 9.70. The Kier molecular flexibility index (Phi) is 3.51. The molecule has 0 spiro atoms. The van der Waals surface area contributed by atoms with Crippen LogP contribution in [0.1, 0.15) is 55.8 Å². The van der Waals surface area contributed by atoms with E-state index in [1.807, 2.05) is 6.20 Å². The van der Waals surface area contributed by atoms with Gasteiger partial charge in [0.05, 0.1) is 12.2 Å². The molecule has 0 radical (unpaired) electrons. The zero-order valence-corrected chi connectivity index (χ0v) is 12.6. The third-order valence-corrected chi connectivity index (χ3v) is 4.25. The number of anilines is 1. The Morgan fingerprint density at radius 3 is 2.70 bits per heavy atom. The molecule has 1 atom stereocenters. The highest BCUT2D eigenvalue weighted by Gasteiger charge is 2.23. The molecule has 0 amide bonds. The van der Waals surface area contributed by atoms with Crippen molar-refractivity contribution in [2.45, 2.75) is 45.6 Å². The number of hydrogen-bond acceptors (Lipinski definition) is 2. The fourth-order valence-corrected chi connectivity index (χ4v) is 2.95. The number of benzene rings is 1. The van der Waals surface area contributed by atoms with Crippen molar-refractivity contribution in [3.63, 3.8) is 0 Å². The van der Waals surface area contributed by atoms with Gasteiger partial charge in [0.25, 0.3) is 0 Å². The van der Waals surface area contributed by atoms with Gasteiger partial charge in [-0.25, -0.2) is 4.68 Å². The van der Waals surface area contributed by atoms with Gasteiger partial charge >= 0.3 is 0 Å². The zero-order chi connectivity index (χ0) is 14.1. The van der Waals surface area contributed by atoms with Crippen LogP contribution in [0.4, 0.5) is 5.82 Å². The molecule has 1 aromatic heterocycles. The highest BCUT2D eigenvalue weighted by molar-refractivity contribution is 5.47.